The minimum absolute atomic E-state index is 0.921. The summed E-state index contributed by atoms with van der Waals surface area (Å²) in [5, 5.41) is 2.21. The van der Waals surface area contributed by atoms with Gasteiger partial charge in [0.2, 0.25) is 0 Å². The first-order valence-electron chi connectivity index (χ1n) is 5.42. The second-order valence-corrected chi connectivity index (χ2v) is 5.49. The van der Waals surface area contributed by atoms with Gasteiger partial charge in [0, 0.05) is 10.6 Å². The Hall–Kier alpha value is -1.28. The van der Waals surface area contributed by atoms with Crippen LogP contribution in [0.25, 0.3) is 11.1 Å². The number of nitrogen functional groups attached to an aromatic ring is 1. The molecule has 0 aliphatic rings. The summed E-state index contributed by atoms with van der Waals surface area (Å²) >= 11 is 1.79. The molecule has 0 spiro atoms. The maximum Gasteiger partial charge on any atom is 0.0379 e. The van der Waals surface area contributed by atoms with Gasteiger partial charge in [0.15, 0.2) is 0 Å². The van der Waals surface area contributed by atoms with Crippen molar-refractivity contribution in [3.63, 3.8) is 0 Å². The third kappa shape index (κ3) is 1.74. The zero-order chi connectivity index (χ0) is 11.9. The predicted molar refractivity (Wildman–Crippen MR) is 73.1 cm³/mol. The highest BCUT2D eigenvalue weighted by Gasteiger charge is 2.11. The fourth-order valence-electron chi connectivity index (χ4n) is 2.22. The van der Waals surface area contributed by atoms with Crippen molar-refractivity contribution in [3.8, 4) is 11.1 Å². The summed E-state index contributed by atoms with van der Waals surface area (Å²) in [7, 11) is 0. The van der Waals surface area contributed by atoms with Crippen LogP contribution in [0.5, 0.6) is 0 Å². The minimum Gasteiger partial charge on any atom is -0.398 e. The number of hydrogen-bond acceptors (Lipinski definition) is 2. The Morgan fingerprint density at radius 1 is 1.00 bits per heavy atom. The Kier molecular flexibility index (Phi) is 2.76. The van der Waals surface area contributed by atoms with Gasteiger partial charge in [0.1, 0.15) is 0 Å². The van der Waals surface area contributed by atoms with Crippen molar-refractivity contribution in [1.29, 1.82) is 0 Å². The van der Waals surface area contributed by atoms with E-state index in [2.05, 4.69) is 45.2 Å². The smallest absolute Gasteiger partial charge is 0.0379 e. The van der Waals surface area contributed by atoms with E-state index in [0.717, 1.165) is 5.69 Å². The fraction of sp³-hybridized carbons (Fsp3) is 0.286. The van der Waals surface area contributed by atoms with E-state index in [0.29, 0.717) is 0 Å². The van der Waals surface area contributed by atoms with E-state index in [9.17, 15) is 0 Å². The summed E-state index contributed by atoms with van der Waals surface area (Å²) in [6.45, 7) is 8.47. The van der Waals surface area contributed by atoms with Crippen LogP contribution in [0.15, 0.2) is 17.5 Å². The average molecular weight is 231 g/mol. The van der Waals surface area contributed by atoms with Crippen LogP contribution < -0.4 is 5.73 Å². The van der Waals surface area contributed by atoms with Crippen LogP contribution in [-0.4, -0.2) is 0 Å². The van der Waals surface area contributed by atoms with Crippen molar-refractivity contribution in [3.05, 3.63) is 39.1 Å². The van der Waals surface area contributed by atoms with E-state index in [1.165, 1.54) is 32.7 Å². The van der Waals surface area contributed by atoms with Crippen LogP contribution in [0.3, 0.4) is 0 Å². The number of aryl methyl sites for hydroxylation is 3. The minimum atomic E-state index is 0.921. The lowest BCUT2D eigenvalue weighted by Crippen LogP contribution is -1.98. The van der Waals surface area contributed by atoms with Gasteiger partial charge in [-0.2, -0.15) is 0 Å². The van der Waals surface area contributed by atoms with Gasteiger partial charge < -0.3 is 5.73 Å². The lowest BCUT2D eigenvalue weighted by atomic mass is 9.93. The van der Waals surface area contributed by atoms with Crippen LogP contribution in [0.2, 0.25) is 0 Å². The summed E-state index contributed by atoms with van der Waals surface area (Å²) in [6.07, 6.45) is 0. The summed E-state index contributed by atoms with van der Waals surface area (Å²) in [5.41, 5.74) is 13.3. The Balaban J connectivity index is 2.70. The van der Waals surface area contributed by atoms with Crippen molar-refractivity contribution < 1.29 is 0 Å². The molecule has 0 bridgehead atoms. The van der Waals surface area contributed by atoms with Gasteiger partial charge >= 0.3 is 0 Å². The number of anilines is 1. The first-order chi connectivity index (χ1) is 7.50. The second kappa shape index (κ2) is 3.95. The molecule has 0 amide bonds. The van der Waals surface area contributed by atoms with Gasteiger partial charge in [-0.3, -0.25) is 0 Å². The molecule has 2 rings (SSSR count). The normalized spacial score (nSPS) is 10.8. The maximum absolute atomic E-state index is 6.10. The Morgan fingerprint density at radius 2 is 1.69 bits per heavy atom. The molecule has 0 saturated heterocycles. The molecule has 0 radical (unpaired) electrons. The van der Waals surface area contributed by atoms with Gasteiger partial charge in [-0.05, 0) is 67.0 Å². The number of thiophene rings is 1. The van der Waals surface area contributed by atoms with Crippen LogP contribution >= 0.6 is 11.3 Å². The molecule has 0 unspecified atom stereocenters. The van der Waals surface area contributed by atoms with E-state index >= 15 is 0 Å². The van der Waals surface area contributed by atoms with Gasteiger partial charge in [-0.15, -0.1) is 11.3 Å². The highest BCUT2D eigenvalue weighted by molar-refractivity contribution is 7.10. The molecular weight excluding hydrogens is 214 g/mol. The molecule has 0 fully saturated rings. The first-order valence-corrected chi connectivity index (χ1v) is 6.30. The molecule has 1 aromatic heterocycles. The zero-order valence-electron chi connectivity index (χ0n) is 10.2. The van der Waals surface area contributed by atoms with Crippen LogP contribution in [-0.2, 0) is 0 Å². The molecule has 2 heteroatoms. The third-order valence-electron chi connectivity index (χ3n) is 3.05. The first kappa shape index (κ1) is 11.2. The Labute approximate surface area is 101 Å². The fourth-order valence-corrected chi connectivity index (χ4v) is 2.91. The number of rotatable bonds is 1. The molecule has 0 aliphatic carbocycles. The largest absolute Gasteiger partial charge is 0.398 e. The topological polar surface area (TPSA) is 26.0 Å². The molecule has 84 valence electrons. The van der Waals surface area contributed by atoms with Gasteiger partial charge in [0.05, 0.1) is 0 Å². The lowest BCUT2D eigenvalue weighted by molar-refractivity contribution is 1.33. The average Bonchev–Trinajstić information content (AvgIpc) is 2.61. The molecule has 0 aliphatic heterocycles. The number of benzene rings is 1. The molecule has 2 N–H and O–H groups in total. The zero-order valence-corrected chi connectivity index (χ0v) is 11.0. The van der Waals surface area contributed by atoms with E-state index < -0.39 is 0 Å². The molecule has 0 atom stereocenters. The van der Waals surface area contributed by atoms with E-state index in [1.807, 2.05) is 0 Å². The van der Waals surface area contributed by atoms with E-state index in [1.54, 1.807) is 11.3 Å². The summed E-state index contributed by atoms with van der Waals surface area (Å²) in [6, 6.07) is 4.40. The highest BCUT2D eigenvalue weighted by Crippen LogP contribution is 2.34. The molecule has 16 heavy (non-hydrogen) atoms. The Bertz CT molecular complexity index is 538. The lowest BCUT2D eigenvalue weighted by Gasteiger charge is -2.13. The predicted octanol–water partition coefficient (Wildman–Crippen LogP) is 4.23. The van der Waals surface area contributed by atoms with Crippen LogP contribution in [0.1, 0.15) is 21.6 Å². The van der Waals surface area contributed by atoms with Crippen molar-refractivity contribution in [1.82, 2.24) is 0 Å². The molecule has 2 aromatic rings. The summed E-state index contributed by atoms with van der Waals surface area (Å²) < 4.78 is 0. The molecule has 1 heterocycles. The SMILES string of the molecule is Cc1cc(-c2c(C)cc(C)c(N)c2C)cs1. The monoisotopic (exact) mass is 231 g/mol. The quantitative estimate of drug-likeness (QED) is 0.730. The number of hydrogen-bond donors (Lipinski definition) is 1. The summed E-state index contributed by atoms with van der Waals surface area (Å²) in [5.74, 6) is 0. The molecular formula is C14H17NS. The maximum atomic E-state index is 6.10. The van der Waals surface area contributed by atoms with Gasteiger partial charge in [0.25, 0.3) is 0 Å². The highest BCUT2D eigenvalue weighted by atomic mass is 32.1. The standard InChI is InChI=1S/C14H17NS/c1-8-5-9(2)14(15)11(4)13(8)12-6-10(3)16-7-12/h5-7H,15H2,1-4H3. The van der Waals surface area contributed by atoms with Gasteiger partial charge in [-0.1, -0.05) is 6.07 Å². The van der Waals surface area contributed by atoms with E-state index in [-0.39, 0.29) is 0 Å². The van der Waals surface area contributed by atoms with Crippen molar-refractivity contribution in [2.24, 2.45) is 0 Å². The summed E-state index contributed by atoms with van der Waals surface area (Å²) in [4.78, 5) is 1.34. The molecule has 1 aromatic carbocycles. The number of nitrogens with two attached hydrogens (primary N) is 1. The van der Waals surface area contributed by atoms with Crippen molar-refractivity contribution in [2.75, 3.05) is 5.73 Å². The van der Waals surface area contributed by atoms with E-state index in [4.69, 9.17) is 5.73 Å². The third-order valence-corrected chi connectivity index (χ3v) is 3.91. The van der Waals surface area contributed by atoms with Gasteiger partial charge in [-0.25, -0.2) is 0 Å². The van der Waals surface area contributed by atoms with Crippen LogP contribution in [0, 0.1) is 27.7 Å². The Morgan fingerprint density at radius 3 is 2.25 bits per heavy atom. The second-order valence-electron chi connectivity index (χ2n) is 4.37. The molecule has 0 saturated carbocycles. The van der Waals surface area contributed by atoms with Crippen molar-refractivity contribution >= 4 is 17.0 Å². The van der Waals surface area contributed by atoms with Crippen molar-refractivity contribution in [2.45, 2.75) is 27.7 Å². The van der Waals surface area contributed by atoms with Crippen LogP contribution in [0.4, 0.5) is 5.69 Å². The molecule has 1 nitrogen and oxygen atoms in total.